The van der Waals surface area contributed by atoms with Crippen LogP contribution in [0.5, 0.6) is 0 Å². The monoisotopic (exact) mass is 235 g/mol. The Morgan fingerprint density at radius 1 is 1.06 bits per heavy atom. The van der Waals surface area contributed by atoms with E-state index in [4.69, 9.17) is 16.3 Å². The molecular formula is C15H13N3. The predicted molar refractivity (Wildman–Crippen MR) is 70.9 cm³/mol. The molecule has 1 aromatic carbocycles. The molecule has 0 unspecified atom stereocenters. The summed E-state index contributed by atoms with van der Waals surface area (Å²) < 4.78 is 0. The molecule has 0 heterocycles. The minimum absolute atomic E-state index is 0.225. The van der Waals surface area contributed by atoms with Crippen molar-refractivity contribution in [3.63, 3.8) is 0 Å². The summed E-state index contributed by atoms with van der Waals surface area (Å²) >= 11 is 0. The maximum atomic E-state index is 8.90. The Morgan fingerprint density at radius 3 is 2.33 bits per heavy atom. The van der Waals surface area contributed by atoms with Crippen molar-refractivity contribution in [2.75, 3.05) is 5.73 Å². The number of allylic oxidation sites excluding steroid dienone is 4. The molecule has 1 aromatic rings. The van der Waals surface area contributed by atoms with Gasteiger partial charge in [0.15, 0.2) is 0 Å². The molecule has 0 spiro atoms. The highest BCUT2D eigenvalue weighted by Crippen LogP contribution is 2.31. The average Bonchev–Trinajstić information content (AvgIpc) is 2.41. The molecule has 2 N–H and O–H groups in total. The van der Waals surface area contributed by atoms with Gasteiger partial charge in [-0.05, 0) is 48.1 Å². The number of hydrogen-bond acceptors (Lipinski definition) is 3. The Labute approximate surface area is 106 Å². The van der Waals surface area contributed by atoms with Gasteiger partial charge in [-0.2, -0.15) is 10.5 Å². The Morgan fingerprint density at radius 2 is 1.72 bits per heavy atom. The summed E-state index contributed by atoms with van der Waals surface area (Å²) in [4.78, 5) is 0. The normalized spacial score (nSPS) is 14.3. The van der Waals surface area contributed by atoms with Gasteiger partial charge in [-0.25, -0.2) is 0 Å². The molecule has 0 saturated heterocycles. The van der Waals surface area contributed by atoms with Crippen LogP contribution in [-0.2, 0) is 0 Å². The molecule has 0 atom stereocenters. The predicted octanol–water partition coefficient (Wildman–Crippen LogP) is 3.18. The largest absolute Gasteiger partial charge is 0.399 e. The molecule has 2 rings (SSSR count). The van der Waals surface area contributed by atoms with E-state index < -0.39 is 0 Å². The number of nitrogens with zero attached hydrogens (tertiary/aromatic N) is 2. The summed E-state index contributed by atoms with van der Waals surface area (Å²) in [7, 11) is 0. The van der Waals surface area contributed by atoms with Crippen LogP contribution in [0.25, 0.3) is 5.57 Å². The van der Waals surface area contributed by atoms with Gasteiger partial charge in [-0.1, -0.05) is 18.2 Å². The summed E-state index contributed by atoms with van der Waals surface area (Å²) in [6, 6.07) is 11.6. The Kier molecular flexibility index (Phi) is 3.46. The van der Waals surface area contributed by atoms with Crippen LogP contribution in [0.15, 0.2) is 41.5 Å². The molecule has 88 valence electrons. The molecule has 0 aliphatic heterocycles. The lowest BCUT2D eigenvalue weighted by Gasteiger charge is -2.15. The lowest BCUT2D eigenvalue weighted by Crippen LogP contribution is -1.97. The number of nitrogens with two attached hydrogens (primary N) is 1. The minimum Gasteiger partial charge on any atom is -0.399 e. The van der Waals surface area contributed by atoms with E-state index in [9.17, 15) is 0 Å². The molecular weight excluding hydrogens is 222 g/mol. The van der Waals surface area contributed by atoms with Crippen molar-refractivity contribution in [1.29, 1.82) is 10.5 Å². The van der Waals surface area contributed by atoms with Crippen LogP contribution in [0.2, 0.25) is 0 Å². The number of nitriles is 2. The first-order valence-electron chi connectivity index (χ1n) is 5.84. The molecule has 0 fully saturated rings. The average molecular weight is 235 g/mol. The first-order valence-corrected chi connectivity index (χ1v) is 5.84. The van der Waals surface area contributed by atoms with Crippen LogP contribution in [0.1, 0.15) is 24.8 Å². The van der Waals surface area contributed by atoms with Crippen molar-refractivity contribution in [2.24, 2.45) is 0 Å². The van der Waals surface area contributed by atoms with Gasteiger partial charge in [0.25, 0.3) is 0 Å². The van der Waals surface area contributed by atoms with Gasteiger partial charge < -0.3 is 5.73 Å². The van der Waals surface area contributed by atoms with Crippen LogP contribution in [0, 0.1) is 22.7 Å². The van der Waals surface area contributed by atoms with Gasteiger partial charge in [-0.3, -0.25) is 0 Å². The highest BCUT2D eigenvalue weighted by molar-refractivity contribution is 5.71. The van der Waals surface area contributed by atoms with E-state index in [1.165, 1.54) is 5.57 Å². The molecule has 1 aliphatic carbocycles. The summed E-state index contributed by atoms with van der Waals surface area (Å²) in [6.07, 6.45) is 4.71. The third-order valence-electron chi connectivity index (χ3n) is 3.07. The second kappa shape index (κ2) is 5.21. The van der Waals surface area contributed by atoms with Crippen LogP contribution < -0.4 is 5.73 Å². The van der Waals surface area contributed by atoms with Crippen molar-refractivity contribution >= 4 is 11.3 Å². The second-order valence-electron chi connectivity index (χ2n) is 4.27. The maximum absolute atomic E-state index is 8.90. The van der Waals surface area contributed by atoms with Crippen molar-refractivity contribution in [2.45, 2.75) is 19.3 Å². The summed E-state index contributed by atoms with van der Waals surface area (Å²) in [5.74, 6) is 0. The maximum Gasteiger partial charge on any atom is 0.132 e. The first kappa shape index (κ1) is 12.0. The van der Waals surface area contributed by atoms with E-state index in [1.54, 1.807) is 0 Å². The fraction of sp³-hybridized carbons (Fsp3) is 0.200. The van der Waals surface area contributed by atoms with E-state index in [1.807, 2.05) is 42.5 Å². The topological polar surface area (TPSA) is 73.6 Å². The second-order valence-corrected chi connectivity index (χ2v) is 4.27. The summed E-state index contributed by atoms with van der Waals surface area (Å²) in [5, 5.41) is 17.8. The Bertz CT molecular complexity index is 576. The van der Waals surface area contributed by atoms with Gasteiger partial charge in [-0.15, -0.1) is 0 Å². The smallest absolute Gasteiger partial charge is 0.132 e. The first-order chi connectivity index (χ1) is 8.74. The lowest BCUT2D eigenvalue weighted by atomic mass is 9.89. The molecule has 0 amide bonds. The molecule has 0 saturated carbocycles. The van der Waals surface area contributed by atoms with Gasteiger partial charge >= 0.3 is 0 Å². The highest BCUT2D eigenvalue weighted by Gasteiger charge is 2.12. The molecule has 0 radical (unpaired) electrons. The lowest BCUT2D eigenvalue weighted by molar-refractivity contribution is 0.831. The van der Waals surface area contributed by atoms with Gasteiger partial charge in [0, 0.05) is 5.69 Å². The standard InChI is InChI=1S/C15H13N3/c16-9-14(10-17)13-3-1-2-12(8-13)11-4-6-15(18)7-5-11/h4-8H,1-3,18H2. The van der Waals surface area contributed by atoms with E-state index in [0.717, 1.165) is 36.1 Å². The fourth-order valence-electron chi connectivity index (χ4n) is 2.11. The van der Waals surface area contributed by atoms with Gasteiger partial charge in [0.1, 0.15) is 17.7 Å². The number of anilines is 1. The molecule has 0 bridgehead atoms. The molecule has 1 aliphatic rings. The van der Waals surface area contributed by atoms with Crippen molar-refractivity contribution in [3.05, 3.63) is 47.1 Å². The van der Waals surface area contributed by atoms with Crippen LogP contribution in [-0.4, -0.2) is 0 Å². The van der Waals surface area contributed by atoms with Crippen LogP contribution in [0.4, 0.5) is 5.69 Å². The zero-order valence-corrected chi connectivity index (χ0v) is 9.98. The van der Waals surface area contributed by atoms with Crippen LogP contribution >= 0.6 is 0 Å². The number of nitrogen functional groups attached to an aromatic ring is 1. The van der Waals surface area contributed by atoms with E-state index in [0.29, 0.717) is 0 Å². The molecule has 18 heavy (non-hydrogen) atoms. The van der Waals surface area contributed by atoms with E-state index in [2.05, 4.69) is 0 Å². The van der Waals surface area contributed by atoms with Gasteiger partial charge in [0.2, 0.25) is 0 Å². The zero-order chi connectivity index (χ0) is 13.0. The van der Waals surface area contributed by atoms with E-state index >= 15 is 0 Å². The van der Waals surface area contributed by atoms with Gasteiger partial charge in [0.05, 0.1) is 0 Å². The highest BCUT2D eigenvalue weighted by atomic mass is 14.5. The Balaban J connectivity index is 2.41. The molecule has 3 nitrogen and oxygen atoms in total. The van der Waals surface area contributed by atoms with Crippen molar-refractivity contribution in [1.82, 2.24) is 0 Å². The summed E-state index contributed by atoms with van der Waals surface area (Å²) in [5.41, 5.74) is 9.74. The summed E-state index contributed by atoms with van der Waals surface area (Å²) in [6.45, 7) is 0. The van der Waals surface area contributed by atoms with Crippen LogP contribution in [0.3, 0.4) is 0 Å². The third kappa shape index (κ3) is 2.42. The Hall–Kier alpha value is -2.52. The number of rotatable bonds is 1. The zero-order valence-electron chi connectivity index (χ0n) is 9.98. The fourth-order valence-corrected chi connectivity index (χ4v) is 2.11. The minimum atomic E-state index is 0.225. The van der Waals surface area contributed by atoms with Crippen molar-refractivity contribution in [3.8, 4) is 12.1 Å². The van der Waals surface area contributed by atoms with Crippen molar-refractivity contribution < 1.29 is 0 Å². The SMILES string of the molecule is N#CC(C#N)=C1C=C(c2ccc(N)cc2)CCC1. The number of benzene rings is 1. The third-order valence-corrected chi connectivity index (χ3v) is 3.07. The number of hydrogen-bond donors (Lipinski definition) is 1. The van der Waals surface area contributed by atoms with E-state index in [-0.39, 0.29) is 5.57 Å². The quantitative estimate of drug-likeness (QED) is 0.600. The molecule has 0 aromatic heterocycles. The molecule has 3 heteroatoms.